The average Bonchev–Trinajstić information content (AvgIpc) is 2.69. The molecule has 3 rings (SSSR count). The van der Waals surface area contributed by atoms with Crippen LogP contribution in [0.25, 0.3) is 0 Å². The van der Waals surface area contributed by atoms with Gasteiger partial charge in [0.2, 0.25) is 0 Å². The first kappa shape index (κ1) is 19.0. The maximum atomic E-state index is 12.6. The first-order chi connectivity index (χ1) is 13.0. The second kappa shape index (κ2) is 8.71. The summed E-state index contributed by atoms with van der Waals surface area (Å²) in [5, 5.41) is 3.00. The van der Waals surface area contributed by atoms with Crippen molar-refractivity contribution in [2.75, 3.05) is 23.3 Å². The van der Waals surface area contributed by atoms with Crippen LogP contribution in [0.4, 0.5) is 11.4 Å². The standard InChI is InChI=1S/C22H26N2O3/c1-16(25)18-10-12-19(13-11-18)27-17(2)22(26)23-20-8-4-5-9-21(20)24-14-6-3-7-15-24/h4-5,8-13,17H,3,6-7,14-15H2,1-2H3,(H,23,26)/t17-/m1/s1. The molecule has 0 bridgehead atoms. The average molecular weight is 366 g/mol. The second-order valence-electron chi connectivity index (χ2n) is 6.89. The number of hydrogen-bond donors (Lipinski definition) is 1. The van der Waals surface area contributed by atoms with E-state index in [9.17, 15) is 9.59 Å². The van der Waals surface area contributed by atoms with Crippen molar-refractivity contribution in [1.29, 1.82) is 0 Å². The van der Waals surface area contributed by atoms with Crippen molar-refractivity contribution in [3.8, 4) is 5.75 Å². The summed E-state index contributed by atoms with van der Waals surface area (Å²) < 4.78 is 5.73. The topological polar surface area (TPSA) is 58.6 Å². The van der Waals surface area contributed by atoms with Gasteiger partial charge in [0.15, 0.2) is 11.9 Å². The maximum absolute atomic E-state index is 12.6. The summed E-state index contributed by atoms with van der Waals surface area (Å²) in [5.74, 6) is 0.365. The number of ether oxygens (including phenoxy) is 1. The van der Waals surface area contributed by atoms with Gasteiger partial charge in [0, 0.05) is 18.7 Å². The molecule has 5 heteroatoms. The first-order valence-corrected chi connectivity index (χ1v) is 9.47. The number of amides is 1. The molecule has 1 saturated heterocycles. The van der Waals surface area contributed by atoms with Crippen LogP contribution in [0.3, 0.4) is 0 Å². The lowest BCUT2D eigenvalue weighted by Gasteiger charge is -2.30. The number of anilines is 2. The number of rotatable bonds is 6. The number of carbonyl (C=O) groups is 2. The lowest BCUT2D eigenvalue weighted by Crippen LogP contribution is -2.33. The summed E-state index contributed by atoms with van der Waals surface area (Å²) in [5.41, 5.74) is 2.49. The van der Waals surface area contributed by atoms with Gasteiger partial charge in [-0.25, -0.2) is 0 Å². The van der Waals surface area contributed by atoms with Crippen LogP contribution in [-0.4, -0.2) is 30.9 Å². The minimum atomic E-state index is -0.650. The number of para-hydroxylation sites is 2. The van der Waals surface area contributed by atoms with Gasteiger partial charge in [-0.15, -0.1) is 0 Å². The highest BCUT2D eigenvalue weighted by Crippen LogP contribution is 2.28. The molecular formula is C22H26N2O3. The first-order valence-electron chi connectivity index (χ1n) is 9.47. The summed E-state index contributed by atoms with van der Waals surface area (Å²) >= 11 is 0. The molecule has 1 aliphatic rings. The SMILES string of the molecule is CC(=O)c1ccc(O[C@H](C)C(=O)Nc2ccccc2N2CCCCC2)cc1. The van der Waals surface area contributed by atoms with Gasteiger partial charge in [0.25, 0.3) is 5.91 Å². The van der Waals surface area contributed by atoms with Crippen LogP contribution in [0.2, 0.25) is 0 Å². The van der Waals surface area contributed by atoms with E-state index in [1.807, 2.05) is 24.3 Å². The van der Waals surface area contributed by atoms with Gasteiger partial charge in [0.1, 0.15) is 5.75 Å². The summed E-state index contributed by atoms with van der Waals surface area (Å²) in [6, 6.07) is 14.7. The van der Waals surface area contributed by atoms with Gasteiger partial charge in [0.05, 0.1) is 11.4 Å². The van der Waals surface area contributed by atoms with E-state index in [0.29, 0.717) is 11.3 Å². The number of benzene rings is 2. The van der Waals surface area contributed by atoms with E-state index in [-0.39, 0.29) is 11.7 Å². The Labute approximate surface area is 160 Å². The molecule has 27 heavy (non-hydrogen) atoms. The van der Waals surface area contributed by atoms with Crippen LogP contribution in [0.15, 0.2) is 48.5 Å². The lowest BCUT2D eigenvalue weighted by molar-refractivity contribution is -0.122. The molecule has 2 aromatic rings. The monoisotopic (exact) mass is 366 g/mol. The quantitative estimate of drug-likeness (QED) is 0.775. The van der Waals surface area contributed by atoms with Gasteiger partial charge in [-0.3, -0.25) is 9.59 Å². The molecule has 1 N–H and O–H groups in total. The fraction of sp³-hybridized carbons (Fsp3) is 0.364. The Morgan fingerprint density at radius 3 is 2.33 bits per heavy atom. The third-order valence-corrected chi connectivity index (χ3v) is 4.80. The number of ketones is 1. The van der Waals surface area contributed by atoms with Crippen molar-refractivity contribution in [2.24, 2.45) is 0 Å². The van der Waals surface area contributed by atoms with E-state index in [1.54, 1.807) is 31.2 Å². The van der Waals surface area contributed by atoms with Crippen molar-refractivity contribution >= 4 is 23.1 Å². The fourth-order valence-corrected chi connectivity index (χ4v) is 3.25. The molecule has 5 nitrogen and oxygen atoms in total. The molecule has 0 aromatic heterocycles. The molecule has 0 unspecified atom stereocenters. The van der Waals surface area contributed by atoms with Gasteiger partial charge in [-0.1, -0.05) is 12.1 Å². The normalized spacial score (nSPS) is 15.1. The Hall–Kier alpha value is -2.82. The number of nitrogens with one attached hydrogen (secondary N) is 1. The number of carbonyl (C=O) groups excluding carboxylic acids is 2. The number of Topliss-reactive ketones (excluding diaryl/α,β-unsaturated/α-hetero) is 1. The van der Waals surface area contributed by atoms with Crippen molar-refractivity contribution in [1.82, 2.24) is 0 Å². The molecule has 0 spiro atoms. The largest absolute Gasteiger partial charge is 0.481 e. The zero-order valence-corrected chi connectivity index (χ0v) is 15.9. The number of hydrogen-bond acceptors (Lipinski definition) is 4. The van der Waals surface area contributed by atoms with E-state index < -0.39 is 6.10 Å². The van der Waals surface area contributed by atoms with Crippen LogP contribution in [0.1, 0.15) is 43.5 Å². The van der Waals surface area contributed by atoms with Crippen LogP contribution in [-0.2, 0) is 4.79 Å². The maximum Gasteiger partial charge on any atom is 0.265 e. The number of nitrogens with zero attached hydrogens (tertiary/aromatic N) is 1. The predicted octanol–water partition coefficient (Wildman–Crippen LogP) is 4.29. The van der Waals surface area contributed by atoms with Crippen LogP contribution in [0.5, 0.6) is 5.75 Å². The van der Waals surface area contributed by atoms with E-state index in [2.05, 4.69) is 10.2 Å². The summed E-state index contributed by atoms with van der Waals surface area (Å²) in [7, 11) is 0. The highest BCUT2D eigenvalue weighted by molar-refractivity contribution is 5.97. The molecular weight excluding hydrogens is 340 g/mol. The zero-order valence-electron chi connectivity index (χ0n) is 15.9. The fourth-order valence-electron chi connectivity index (χ4n) is 3.25. The summed E-state index contributed by atoms with van der Waals surface area (Å²) in [4.78, 5) is 26.3. The van der Waals surface area contributed by atoms with E-state index in [0.717, 1.165) is 24.5 Å². The van der Waals surface area contributed by atoms with E-state index >= 15 is 0 Å². The van der Waals surface area contributed by atoms with Gasteiger partial charge < -0.3 is 15.0 Å². The van der Waals surface area contributed by atoms with Crippen LogP contribution in [0, 0.1) is 0 Å². The third kappa shape index (κ3) is 4.88. The second-order valence-corrected chi connectivity index (χ2v) is 6.89. The predicted molar refractivity (Wildman–Crippen MR) is 108 cm³/mol. The summed E-state index contributed by atoms with van der Waals surface area (Å²) in [6.07, 6.45) is 2.97. The highest BCUT2D eigenvalue weighted by atomic mass is 16.5. The van der Waals surface area contributed by atoms with Crippen LogP contribution >= 0.6 is 0 Å². The Morgan fingerprint density at radius 2 is 1.67 bits per heavy atom. The Balaban J connectivity index is 1.65. The molecule has 142 valence electrons. The Bertz CT molecular complexity index is 795. The number of piperidine rings is 1. The zero-order chi connectivity index (χ0) is 19.2. The van der Waals surface area contributed by atoms with E-state index in [4.69, 9.17) is 4.74 Å². The lowest BCUT2D eigenvalue weighted by atomic mass is 10.1. The van der Waals surface area contributed by atoms with Gasteiger partial charge in [-0.05, 0) is 69.5 Å². The van der Waals surface area contributed by atoms with Crippen molar-refractivity contribution in [3.05, 3.63) is 54.1 Å². The molecule has 0 aliphatic carbocycles. The molecule has 1 heterocycles. The molecule has 2 aromatic carbocycles. The van der Waals surface area contributed by atoms with Crippen LogP contribution < -0.4 is 15.0 Å². The Kier molecular flexibility index (Phi) is 6.12. The summed E-state index contributed by atoms with van der Waals surface area (Å²) in [6.45, 7) is 5.27. The van der Waals surface area contributed by atoms with Crippen molar-refractivity contribution < 1.29 is 14.3 Å². The van der Waals surface area contributed by atoms with Gasteiger partial charge in [-0.2, -0.15) is 0 Å². The molecule has 1 amide bonds. The molecule has 1 aliphatic heterocycles. The minimum Gasteiger partial charge on any atom is -0.481 e. The molecule has 0 radical (unpaired) electrons. The van der Waals surface area contributed by atoms with Crippen molar-refractivity contribution in [2.45, 2.75) is 39.2 Å². The van der Waals surface area contributed by atoms with Crippen molar-refractivity contribution in [3.63, 3.8) is 0 Å². The Morgan fingerprint density at radius 1 is 1.00 bits per heavy atom. The highest BCUT2D eigenvalue weighted by Gasteiger charge is 2.19. The molecule has 1 fully saturated rings. The smallest absolute Gasteiger partial charge is 0.265 e. The molecule has 1 atom stereocenters. The minimum absolute atomic E-state index is 0.00154. The van der Waals surface area contributed by atoms with E-state index in [1.165, 1.54) is 26.2 Å². The molecule has 0 saturated carbocycles. The third-order valence-electron chi connectivity index (χ3n) is 4.80. The van der Waals surface area contributed by atoms with Gasteiger partial charge >= 0.3 is 0 Å².